The molecule has 0 aliphatic heterocycles. The van der Waals surface area contributed by atoms with Gasteiger partial charge in [0, 0.05) is 18.2 Å². The first kappa shape index (κ1) is 14.6. The number of benzene rings is 1. The molecule has 1 unspecified atom stereocenters. The molecule has 0 fully saturated rings. The van der Waals surface area contributed by atoms with Crippen LogP contribution < -0.4 is 5.32 Å². The average molecular weight is 257 g/mol. The normalized spacial score (nSPS) is 12.2. The molecule has 0 bridgehead atoms. The molecule has 0 aliphatic rings. The Morgan fingerprint density at radius 2 is 2.17 bits per heavy atom. The number of carbonyl (C=O) groups is 1. The van der Waals surface area contributed by atoms with Crippen molar-refractivity contribution in [2.45, 2.75) is 26.3 Å². The zero-order valence-electron chi connectivity index (χ0n) is 10.5. The van der Waals surface area contributed by atoms with Crippen molar-refractivity contribution in [1.29, 1.82) is 0 Å². The summed E-state index contributed by atoms with van der Waals surface area (Å²) in [6, 6.07) is 2.95. The van der Waals surface area contributed by atoms with Gasteiger partial charge in [0.25, 0.3) is 0 Å². The zero-order valence-corrected chi connectivity index (χ0v) is 10.5. The standard InChI is InChI=1S/C13H17F2NO2/c1-3-18-13(17)6-7-16-9(2)11-8-10(14)4-5-12(11)15/h4-5,8-9,16H,3,6-7H2,1-2H3. The highest BCUT2D eigenvalue weighted by molar-refractivity contribution is 5.69. The lowest BCUT2D eigenvalue weighted by Gasteiger charge is -2.14. The van der Waals surface area contributed by atoms with Crippen LogP contribution in [0.15, 0.2) is 18.2 Å². The predicted octanol–water partition coefficient (Wildman–Crippen LogP) is 2.57. The van der Waals surface area contributed by atoms with E-state index < -0.39 is 11.6 Å². The first-order chi connectivity index (χ1) is 8.54. The number of carbonyl (C=O) groups excluding carboxylic acids is 1. The largest absolute Gasteiger partial charge is 0.466 e. The second-order valence-corrected chi connectivity index (χ2v) is 3.90. The smallest absolute Gasteiger partial charge is 0.307 e. The fourth-order valence-electron chi connectivity index (χ4n) is 1.58. The summed E-state index contributed by atoms with van der Waals surface area (Å²) >= 11 is 0. The third-order valence-electron chi connectivity index (χ3n) is 2.51. The Morgan fingerprint density at radius 1 is 1.44 bits per heavy atom. The van der Waals surface area contributed by atoms with Crippen molar-refractivity contribution >= 4 is 5.97 Å². The summed E-state index contributed by atoms with van der Waals surface area (Å²) < 4.78 is 31.2. The lowest BCUT2D eigenvalue weighted by atomic mass is 10.1. The van der Waals surface area contributed by atoms with Gasteiger partial charge in [0.15, 0.2) is 0 Å². The van der Waals surface area contributed by atoms with Gasteiger partial charge in [-0.2, -0.15) is 0 Å². The quantitative estimate of drug-likeness (QED) is 0.796. The van der Waals surface area contributed by atoms with Gasteiger partial charge in [0.2, 0.25) is 0 Å². The van der Waals surface area contributed by atoms with Crippen molar-refractivity contribution in [3.63, 3.8) is 0 Å². The van der Waals surface area contributed by atoms with Gasteiger partial charge in [-0.3, -0.25) is 4.79 Å². The molecule has 3 nitrogen and oxygen atoms in total. The molecule has 18 heavy (non-hydrogen) atoms. The van der Waals surface area contributed by atoms with Gasteiger partial charge in [0.05, 0.1) is 13.0 Å². The number of esters is 1. The average Bonchev–Trinajstić information content (AvgIpc) is 2.32. The van der Waals surface area contributed by atoms with Crippen molar-refractivity contribution in [1.82, 2.24) is 5.32 Å². The first-order valence-corrected chi connectivity index (χ1v) is 5.88. The molecule has 0 saturated carbocycles. The molecule has 0 amide bonds. The lowest BCUT2D eigenvalue weighted by Crippen LogP contribution is -2.23. The van der Waals surface area contributed by atoms with Gasteiger partial charge >= 0.3 is 5.97 Å². The third kappa shape index (κ3) is 4.41. The van der Waals surface area contributed by atoms with E-state index in [1.807, 2.05) is 0 Å². The van der Waals surface area contributed by atoms with E-state index in [4.69, 9.17) is 4.74 Å². The van der Waals surface area contributed by atoms with Crippen molar-refractivity contribution in [3.05, 3.63) is 35.4 Å². The number of halogens is 2. The number of hydrogen-bond donors (Lipinski definition) is 1. The molecule has 5 heteroatoms. The van der Waals surface area contributed by atoms with E-state index in [1.165, 1.54) is 0 Å². The molecule has 1 atom stereocenters. The molecule has 0 spiro atoms. The van der Waals surface area contributed by atoms with Crippen molar-refractivity contribution in [2.75, 3.05) is 13.2 Å². The van der Waals surface area contributed by atoms with Gasteiger partial charge in [-0.25, -0.2) is 8.78 Å². The molecule has 1 aromatic rings. The van der Waals surface area contributed by atoms with Crippen LogP contribution >= 0.6 is 0 Å². The van der Waals surface area contributed by atoms with Crippen molar-refractivity contribution in [2.24, 2.45) is 0 Å². The van der Waals surface area contributed by atoms with E-state index in [-0.39, 0.29) is 24.0 Å². The highest BCUT2D eigenvalue weighted by Gasteiger charge is 2.12. The molecule has 0 heterocycles. The molecular weight excluding hydrogens is 240 g/mol. The monoisotopic (exact) mass is 257 g/mol. The van der Waals surface area contributed by atoms with Crippen molar-refractivity contribution in [3.8, 4) is 0 Å². The molecule has 0 saturated heterocycles. The Labute approximate surface area is 105 Å². The van der Waals surface area contributed by atoms with Crippen LogP contribution in [0.4, 0.5) is 8.78 Å². The van der Waals surface area contributed by atoms with Crippen LogP contribution in [-0.4, -0.2) is 19.1 Å². The molecule has 1 N–H and O–H groups in total. The molecule has 100 valence electrons. The minimum Gasteiger partial charge on any atom is -0.466 e. The second kappa shape index (κ2) is 7.06. The van der Waals surface area contributed by atoms with E-state index in [2.05, 4.69) is 5.32 Å². The number of rotatable bonds is 6. The van der Waals surface area contributed by atoms with Crippen LogP contribution in [0, 0.1) is 11.6 Å². The minimum atomic E-state index is -0.481. The van der Waals surface area contributed by atoms with E-state index in [0.29, 0.717) is 13.2 Å². The van der Waals surface area contributed by atoms with E-state index in [1.54, 1.807) is 13.8 Å². The van der Waals surface area contributed by atoms with E-state index in [0.717, 1.165) is 18.2 Å². The molecule has 1 aromatic carbocycles. The Hall–Kier alpha value is -1.49. The zero-order chi connectivity index (χ0) is 13.5. The second-order valence-electron chi connectivity index (χ2n) is 3.90. The first-order valence-electron chi connectivity index (χ1n) is 5.88. The predicted molar refractivity (Wildman–Crippen MR) is 64.0 cm³/mol. The lowest BCUT2D eigenvalue weighted by molar-refractivity contribution is -0.143. The van der Waals surface area contributed by atoms with Crippen LogP contribution in [0.5, 0.6) is 0 Å². The molecular formula is C13H17F2NO2. The van der Waals surface area contributed by atoms with Gasteiger partial charge < -0.3 is 10.1 Å². The highest BCUT2D eigenvalue weighted by atomic mass is 19.1. The summed E-state index contributed by atoms with van der Waals surface area (Å²) in [7, 11) is 0. The summed E-state index contributed by atoms with van der Waals surface area (Å²) in [5, 5.41) is 2.95. The fourth-order valence-corrected chi connectivity index (χ4v) is 1.58. The van der Waals surface area contributed by atoms with Gasteiger partial charge in [-0.05, 0) is 32.0 Å². The van der Waals surface area contributed by atoms with Crippen LogP contribution in [0.25, 0.3) is 0 Å². The Bertz CT molecular complexity index is 410. The topological polar surface area (TPSA) is 38.3 Å². The van der Waals surface area contributed by atoms with Crippen LogP contribution in [-0.2, 0) is 9.53 Å². The summed E-state index contributed by atoms with van der Waals surface area (Å²) in [4.78, 5) is 11.1. The Balaban J connectivity index is 2.47. The van der Waals surface area contributed by atoms with Gasteiger partial charge in [-0.15, -0.1) is 0 Å². The summed E-state index contributed by atoms with van der Waals surface area (Å²) in [6.45, 7) is 4.14. The van der Waals surface area contributed by atoms with Gasteiger partial charge in [0.1, 0.15) is 11.6 Å². The summed E-state index contributed by atoms with van der Waals surface area (Å²) in [5.74, 6) is -1.25. The maximum absolute atomic E-state index is 13.4. The summed E-state index contributed by atoms with van der Waals surface area (Å²) in [5.41, 5.74) is 0.249. The van der Waals surface area contributed by atoms with Crippen molar-refractivity contribution < 1.29 is 18.3 Å². The van der Waals surface area contributed by atoms with Crippen LogP contribution in [0.3, 0.4) is 0 Å². The van der Waals surface area contributed by atoms with Gasteiger partial charge in [-0.1, -0.05) is 0 Å². The number of hydrogen-bond acceptors (Lipinski definition) is 3. The highest BCUT2D eigenvalue weighted by Crippen LogP contribution is 2.17. The fraction of sp³-hybridized carbons (Fsp3) is 0.462. The number of nitrogens with one attached hydrogen (secondary N) is 1. The molecule has 1 rings (SSSR count). The Kier molecular flexibility index (Phi) is 5.71. The Morgan fingerprint density at radius 3 is 2.83 bits per heavy atom. The molecule has 0 aromatic heterocycles. The summed E-state index contributed by atoms with van der Waals surface area (Å²) in [6.07, 6.45) is 0.203. The molecule has 0 aliphatic carbocycles. The van der Waals surface area contributed by atoms with Crippen LogP contribution in [0.2, 0.25) is 0 Å². The van der Waals surface area contributed by atoms with Crippen LogP contribution in [0.1, 0.15) is 31.9 Å². The maximum atomic E-state index is 13.4. The minimum absolute atomic E-state index is 0.203. The maximum Gasteiger partial charge on any atom is 0.307 e. The SMILES string of the molecule is CCOC(=O)CCNC(C)c1cc(F)ccc1F. The number of ether oxygens (including phenoxy) is 1. The molecule has 0 radical (unpaired) electrons. The van der Waals surface area contributed by atoms with E-state index >= 15 is 0 Å². The third-order valence-corrected chi connectivity index (χ3v) is 2.51. The van der Waals surface area contributed by atoms with E-state index in [9.17, 15) is 13.6 Å².